The average molecular weight is 398 g/mol. The molecule has 2 aromatic carbocycles. The van der Waals surface area contributed by atoms with Gasteiger partial charge in [0.25, 0.3) is 0 Å². The molecule has 3 heteroatoms. The minimum atomic E-state index is -0.190. The highest BCUT2D eigenvalue weighted by Gasteiger charge is 2.42. The van der Waals surface area contributed by atoms with Crippen molar-refractivity contribution in [2.45, 2.75) is 50.9 Å². The molecule has 5 rings (SSSR count). The van der Waals surface area contributed by atoms with E-state index >= 15 is 0 Å². The third-order valence-corrected chi connectivity index (χ3v) is 6.69. The van der Waals surface area contributed by atoms with Crippen molar-refractivity contribution in [3.05, 3.63) is 94.3 Å². The van der Waals surface area contributed by atoms with Gasteiger partial charge in [0.15, 0.2) is 11.6 Å². The van der Waals surface area contributed by atoms with E-state index in [1.165, 1.54) is 17.0 Å². The minimum Gasteiger partial charge on any atom is -0.347 e. The lowest BCUT2D eigenvalue weighted by Crippen LogP contribution is -2.39. The second kappa shape index (κ2) is 8.06. The predicted octanol–water partition coefficient (Wildman–Crippen LogP) is 5.34. The molecule has 0 amide bonds. The molecule has 3 nitrogen and oxygen atoms in total. The number of carbonyl (C=O) groups excluding carboxylic acids is 2. The van der Waals surface area contributed by atoms with Crippen molar-refractivity contribution < 1.29 is 9.59 Å². The van der Waals surface area contributed by atoms with Gasteiger partial charge in [-0.3, -0.25) is 9.59 Å². The molecule has 0 spiro atoms. The number of rotatable bonds is 4. The molecule has 0 saturated heterocycles. The first kappa shape index (κ1) is 19.0. The summed E-state index contributed by atoms with van der Waals surface area (Å²) in [4.78, 5) is 28.7. The largest absolute Gasteiger partial charge is 0.347 e. The fourth-order valence-corrected chi connectivity index (χ4v) is 5.35. The molecular weight excluding hydrogens is 370 g/mol. The van der Waals surface area contributed by atoms with Gasteiger partial charge in [-0.05, 0) is 43.2 Å². The summed E-state index contributed by atoms with van der Waals surface area (Å²) in [6, 6.07) is 20.6. The van der Waals surface area contributed by atoms with Crippen molar-refractivity contribution in [2.24, 2.45) is 0 Å². The summed E-state index contributed by atoms with van der Waals surface area (Å²) < 4.78 is 0. The molecular formula is C27H27NO2. The van der Waals surface area contributed by atoms with Crippen molar-refractivity contribution in [3.8, 4) is 0 Å². The summed E-state index contributed by atoms with van der Waals surface area (Å²) in [5, 5.41) is 0. The minimum absolute atomic E-state index is 0.190. The highest BCUT2D eigenvalue weighted by atomic mass is 16.1. The van der Waals surface area contributed by atoms with Crippen LogP contribution in [0.15, 0.2) is 83.2 Å². The Bertz CT molecular complexity index is 989. The van der Waals surface area contributed by atoms with Gasteiger partial charge in [0.05, 0.1) is 0 Å². The van der Waals surface area contributed by atoms with Crippen LogP contribution in [-0.2, 0) is 16.0 Å². The van der Waals surface area contributed by atoms with Crippen LogP contribution in [0.4, 0.5) is 0 Å². The normalized spacial score (nSPS) is 19.8. The number of ketones is 2. The Morgan fingerprint density at radius 1 is 0.700 bits per heavy atom. The molecule has 1 aliphatic heterocycles. The Morgan fingerprint density at radius 3 is 1.80 bits per heavy atom. The number of carbonyl (C=O) groups is 2. The van der Waals surface area contributed by atoms with Gasteiger partial charge in [0, 0.05) is 47.8 Å². The van der Waals surface area contributed by atoms with Gasteiger partial charge in [-0.2, -0.15) is 0 Å². The number of hydrogen-bond donors (Lipinski definition) is 0. The quantitative estimate of drug-likeness (QED) is 0.699. The maximum absolute atomic E-state index is 13.2. The van der Waals surface area contributed by atoms with E-state index in [0.717, 1.165) is 55.4 Å². The highest BCUT2D eigenvalue weighted by Crippen LogP contribution is 2.48. The smallest absolute Gasteiger partial charge is 0.161 e. The molecule has 0 saturated carbocycles. The maximum atomic E-state index is 13.2. The number of Topliss-reactive ketones (excluding diaryl/α,β-unsaturated/α-hetero) is 2. The Balaban J connectivity index is 1.62. The Morgan fingerprint density at radius 2 is 1.23 bits per heavy atom. The Labute approximate surface area is 178 Å². The van der Waals surface area contributed by atoms with Crippen LogP contribution in [-0.4, -0.2) is 23.0 Å². The first-order valence-electron chi connectivity index (χ1n) is 11.1. The summed E-state index contributed by atoms with van der Waals surface area (Å²) in [6.07, 6.45) is 5.73. The van der Waals surface area contributed by atoms with Crippen LogP contribution in [0.25, 0.3) is 0 Å². The lowest BCUT2D eigenvalue weighted by Gasteiger charge is -2.44. The molecule has 2 aromatic rings. The number of hydrogen-bond acceptors (Lipinski definition) is 3. The topological polar surface area (TPSA) is 37.4 Å². The fraction of sp³-hybridized carbons (Fsp3) is 0.333. The molecule has 0 bridgehead atoms. The van der Waals surface area contributed by atoms with Gasteiger partial charge in [-0.25, -0.2) is 0 Å². The third kappa shape index (κ3) is 3.32. The van der Waals surface area contributed by atoms with E-state index in [9.17, 15) is 9.59 Å². The van der Waals surface area contributed by atoms with E-state index in [1.807, 2.05) is 24.3 Å². The summed E-state index contributed by atoms with van der Waals surface area (Å²) in [5.74, 6) is 0.254. The van der Waals surface area contributed by atoms with Gasteiger partial charge >= 0.3 is 0 Å². The zero-order valence-electron chi connectivity index (χ0n) is 17.3. The standard InChI is InChI=1S/C27H27NO2/c29-23-15-7-13-21-26(23)25(20-11-5-2-6-12-20)27-22(14-8-16-24(27)30)28(21)18-17-19-9-3-1-4-10-19/h1-6,9-12,25H,7-8,13-18H2. The summed E-state index contributed by atoms with van der Waals surface area (Å²) in [5.41, 5.74) is 6.47. The van der Waals surface area contributed by atoms with Gasteiger partial charge in [0.1, 0.15) is 0 Å². The van der Waals surface area contributed by atoms with E-state index in [4.69, 9.17) is 0 Å². The van der Waals surface area contributed by atoms with Crippen LogP contribution in [0, 0.1) is 0 Å². The second-order valence-electron chi connectivity index (χ2n) is 8.51. The molecule has 0 N–H and O–H groups in total. The predicted molar refractivity (Wildman–Crippen MR) is 118 cm³/mol. The van der Waals surface area contributed by atoms with Gasteiger partial charge in [-0.1, -0.05) is 60.7 Å². The van der Waals surface area contributed by atoms with Gasteiger partial charge in [-0.15, -0.1) is 0 Å². The maximum Gasteiger partial charge on any atom is 0.161 e. The van der Waals surface area contributed by atoms with Crippen LogP contribution in [0.1, 0.15) is 55.6 Å². The zero-order valence-corrected chi connectivity index (χ0v) is 17.3. The van der Waals surface area contributed by atoms with Crippen molar-refractivity contribution in [1.82, 2.24) is 4.90 Å². The van der Waals surface area contributed by atoms with Gasteiger partial charge < -0.3 is 4.90 Å². The van der Waals surface area contributed by atoms with Crippen LogP contribution < -0.4 is 0 Å². The molecule has 0 atom stereocenters. The molecule has 1 heterocycles. The average Bonchev–Trinajstić information content (AvgIpc) is 2.79. The highest BCUT2D eigenvalue weighted by molar-refractivity contribution is 6.06. The lowest BCUT2D eigenvalue weighted by molar-refractivity contribution is -0.117. The lowest BCUT2D eigenvalue weighted by atomic mass is 9.71. The molecule has 2 aliphatic carbocycles. The van der Waals surface area contributed by atoms with Crippen LogP contribution in [0.3, 0.4) is 0 Å². The first-order chi connectivity index (χ1) is 14.7. The Kier molecular flexibility index (Phi) is 5.12. The summed E-state index contributed by atoms with van der Waals surface area (Å²) >= 11 is 0. The molecule has 0 aromatic heterocycles. The fourth-order valence-electron chi connectivity index (χ4n) is 5.35. The van der Waals surface area contributed by atoms with Gasteiger partial charge in [0.2, 0.25) is 0 Å². The Hall–Kier alpha value is -2.94. The van der Waals surface area contributed by atoms with E-state index in [1.54, 1.807) is 0 Å². The molecule has 0 radical (unpaired) electrons. The summed E-state index contributed by atoms with van der Waals surface area (Å²) in [7, 11) is 0. The number of allylic oxidation sites excluding steroid dienone is 4. The molecule has 0 fully saturated rings. The molecule has 3 aliphatic rings. The SMILES string of the molecule is O=C1CCCC2=C1C(c1ccccc1)C1=C(CCCC1=O)N2CCc1ccccc1. The zero-order chi connectivity index (χ0) is 20.5. The third-order valence-electron chi connectivity index (χ3n) is 6.69. The number of nitrogens with zero attached hydrogens (tertiary/aromatic N) is 1. The van der Waals surface area contributed by atoms with E-state index < -0.39 is 0 Å². The first-order valence-corrected chi connectivity index (χ1v) is 11.1. The van der Waals surface area contributed by atoms with E-state index in [-0.39, 0.29) is 17.5 Å². The van der Waals surface area contributed by atoms with E-state index in [0.29, 0.717) is 12.8 Å². The molecule has 0 unspecified atom stereocenters. The van der Waals surface area contributed by atoms with Crippen LogP contribution in [0.2, 0.25) is 0 Å². The van der Waals surface area contributed by atoms with Crippen molar-refractivity contribution in [3.63, 3.8) is 0 Å². The number of benzene rings is 2. The molecule has 30 heavy (non-hydrogen) atoms. The van der Waals surface area contributed by atoms with Crippen LogP contribution >= 0.6 is 0 Å². The van der Waals surface area contributed by atoms with Crippen molar-refractivity contribution >= 4 is 11.6 Å². The molecule has 152 valence electrons. The summed E-state index contributed by atoms with van der Waals surface area (Å²) in [6.45, 7) is 0.823. The van der Waals surface area contributed by atoms with Crippen molar-refractivity contribution in [2.75, 3.05) is 6.54 Å². The monoisotopic (exact) mass is 397 g/mol. The van der Waals surface area contributed by atoms with E-state index in [2.05, 4.69) is 41.3 Å². The van der Waals surface area contributed by atoms with Crippen LogP contribution in [0.5, 0.6) is 0 Å². The second-order valence-corrected chi connectivity index (χ2v) is 8.51. The van der Waals surface area contributed by atoms with Crippen molar-refractivity contribution in [1.29, 1.82) is 0 Å².